The van der Waals surface area contributed by atoms with Crippen molar-refractivity contribution in [2.75, 3.05) is 25.1 Å². The maximum Gasteiger partial charge on any atom is 0.387 e. The molecule has 0 aliphatic carbocycles. The number of aromatic nitrogens is 2. The Labute approximate surface area is 196 Å². The summed E-state index contributed by atoms with van der Waals surface area (Å²) in [6.45, 7) is 4.26. The summed E-state index contributed by atoms with van der Waals surface area (Å²) in [7, 11) is 0. The average molecular weight is 475 g/mol. The number of hydrogen-bond acceptors (Lipinski definition) is 6. The lowest BCUT2D eigenvalue weighted by atomic mass is 10.2. The van der Waals surface area contributed by atoms with Crippen LogP contribution >= 0.6 is 0 Å². The summed E-state index contributed by atoms with van der Waals surface area (Å²) < 4.78 is 47.8. The largest absolute Gasteiger partial charge is 0.490 e. The molecule has 1 heterocycles. The summed E-state index contributed by atoms with van der Waals surface area (Å²) in [5.41, 5.74) is 1.65. The second-order valence-electron chi connectivity index (χ2n) is 7.00. The van der Waals surface area contributed by atoms with Crippen LogP contribution in [0.1, 0.15) is 36.7 Å². The molecule has 0 saturated heterocycles. The maximum atomic E-state index is 12.7. The second-order valence-corrected chi connectivity index (χ2v) is 7.00. The summed E-state index contributed by atoms with van der Waals surface area (Å²) in [5, 5.41) is 7.03. The van der Waals surface area contributed by atoms with E-state index < -0.39 is 12.5 Å². The van der Waals surface area contributed by atoms with E-state index in [0.717, 1.165) is 5.56 Å². The number of ether oxygens (including phenoxy) is 4. The predicted octanol–water partition coefficient (Wildman–Crippen LogP) is 4.98. The van der Waals surface area contributed by atoms with Gasteiger partial charge in [-0.25, -0.2) is 0 Å². The summed E-state index contributed by atoms with van der Waals surface area (Å²) >= 11 is 0. The molecule has 34 heavy (non-hydrogen) atoms. The lowest BCUT2D eigenvalue weighted by molar-refractivity contribution is -0.0514. The molecule has 0 atom stereocenters. The Kier molecular flexibility index (Phi) is 8.66. The minimum Gasteiger partial charge on any atom is -0.490 e. The number of halogens is 2. The first-order valence-electron chi connectivity index (χ1n) is 10.9. The van der Waals surface area contributed by atoms with Gasteiger partial charge < -0.3 is 24.3 Å². The number of carbonyl (C=O) groups is 1. The number of nitrogens with one attached hydrogen (secondary N) is 1. The molecule has 0 aliphatic rings. The van der Waals surface area contributed by atoms with E-state index in [0.29, 0.717) is 36.9 Å². The van der Waals surface area contributed by atoms with E-state index in [1.165, 1.54) is 24.4 Å². The van der Waals surface area contributed by atoms with Crippen molar-refractivity contribution in [1.29, 1.82) is 0 Å². The standard InChI is InChI=1S/C24H27F2N3O5/c1-4-31-19-9-7-16(11-21(19)32-5-2)14-29-15-18(13-27-29)28-23(30)17-8-10-20(34-24(25)26)22(12-17)33-6-3/h7-13,15,24H,4-6,14H2,1-3H3,(H,28,30). The molecule has 10 heteroatoms. The molecule has 8 nitrogen and oxygen atoms in total. The Balaban J connectivity index is 1.69. The van der Waals surface area contributed by atoms with E-state index in [2.05, 4.69) is 15.2 Å². The lowest BCUT2D eigenvalue weighted by Crippen LogP contribution is -2.12. The van der Waals surface area contributed by atoms with Gasteiger partial charge in [-0.15, -0.1) is 0 Å². The topological polar surface area (TPSA) is 83.8 Å². The Morgan fingerprint density at radius 3 is 2.26 bits per heavy atom. The Bertz CT molecular complexity index is 1100. The zero-order chi connectivity index (χ0) is 24.5. The van der Waals surface area contributed by atoms with Crippen LogP contribution in [0, 0.1) is 0 Å². The van der Waals surface area contributed by atoms with Gasteiger partial charge in [0.1, 0.15) is 0 Å². The molecule has 0 bridgehead atoms. The fourth-order valence-corrected chi connectivity index (χ4v) is 3.21. The van der Waals surface area contributed by atoms with Crippen molar-refractivity contribution in [3.8, 4) is 23.0 Å². The normalized spacial score (nSPS) is 10.8. The first-order valence-corrected chi connectivity index (χ1v) is 10.9. The van der Waals surface area contributed by atoms with Crippen molar-refractivity contribution in [1.82, 2.24) is 9.78 Å². The number of hydrogen-bond donors (Lipinski definition) is 1. The van der Waals surface area contributed by atoms with Gasteiger partial charge in [0, 0.05) is 11.8 Å². The van der Waals surface area contributed by atoms with Crippen LogP contribution < -0.4 is 24.3 Å². The molecule has 0 fully saturated rings. The summed E-state index contributed by atoms with van der Waals surface area (Å²) in [4.78, 5) is 12.7. The van der Waals surface area contributed by atoms with Gasteiger partial charge in [0.05, 0.1) is 38.2 Å². The summed E-state index contributed by atoms with van der Waals surface area (Å²) in [6.07, 6.45) is 3.21. The van der Waals surface area contributed by atoms with Crippen molar-refractivity contribution in [3.05, 3.63) is 59.9 Å². The average Bonchev–Trinajstić information content (AvgIpc) is 3.23. The molecule has 0 saturated carbocycles. The fourth-order valence-electron chi connectivity index (χ4n) is 3.21. The zero-order valence-electron chi connectivity index (χ0n) is 19.2. The van der Waals surface area contributed by atoms with Gasteiger partial charge in [-0.1, -0.05) is 6.07 Å². The zero-order valence-corrected chi connectivity index (χ0v) is 19.2. The highest BCUT2D eigenvalue weighted by Gasteiger charge is 2.15. The molecular formula is C24H27F2N3O5. The van der Waals surface area contributed by atoms with Gasteiger partial charge in [-0.3, -0.25) is 9.48 Å². The van der Waals surface area contributed by atoms with Crippen LogP contribution in [0.2, 0.25) is 0 Å². The van der Waals surface area contributed by atoms with Crippen molar-refractivity contribution >= 4 is 11.6 Å². The molecule has 1 aromatic heterocycles. The highest BCUT2D eigenvalue weighted by molar-refractivity contribution is 6.04. The maximum absolute atomic E-state index is 12.7. The number of anilines is 1. The van der Waals surface area contributed by atoms with E-state index in [4.69, 9.17) is 14.2 Å². The van der Waals surface area contributed by atoms with Gasteiger partial charge in [-0.05, 0) is 56.7 Å². The van der Waals surface area contributed by atoms with Gasteiger partial charge in [-0.2, -0.15) is 13.9 Å². The molecule has 3 rings (SSSR count). The summed E-state index contributed by atoms with van der Waals surface area (Å²) in [6, 6.07) is 9.69. The van der Waals surface area contributed by atoms with E-state index in [1.807, 2.05) is 32.0 Å². The third-order valence-electron chi connectivity index (χ3n) is 4.57. The van der Waals surface area contributed by atoms with Crippen LogP contribution in [0.4, 0.5) is 14.5 Å². The molecule has 0 spiro atoms. The number of nitrogens with zero attached hydrogens (tertiary/aromatic N) is 2. The summed E-state index contributed by atoms with van der Waals surface area (Å²) in [5.74, 6) is 0.823. The second kappa shape index (κ2) is 11.9. The third-order valence-corrected chi connectivity index (χ3v) is 4.57. The van der Waals surface area contributed by atoms with E-state index >= 15 is 0 Å². The number of amides is 1. The van der Waals surface area contributed by atoms with Crippen LogP contribution in [-0.2, 0) is 6.54 Å². The van der Waals surface area contributed by atoms with Gasteiger partial charge in [0.25, 0.3) is 5.91 Å². The van der Waals surface area contributed by atoms with Crippen molar-refractivity contribution < 1.29 is 32.5 Å². The van der Waals surface area contributed by atoms with Gasteiger partial charge in [0.15, 0.2) is 23.0 Å². The van der Waals surface area contributed by atoms with E-state index in [1.54, 1.807) is 17.8 Å². The first kappa shape index (κ1) is 24.8. The molecule has 0 aliphatic heterocycles. The molecule has 182 valence electrons. The molecule has 0 radical (unpaired) electrons. The van der Waals surface area contributed by atoms with Crippen LogP contribution in [0.25, 0.3) is 0 Å². The van der Waals surface area contributed by atoms with Crippen LogP contribution in [0.15, 0.2) is 48.8 Å². The highest BCUT2D eigenvalue weighted by Crippen LogP contribution is 2.31. The Hall–Kier alpha value is -3.82. The van der Waals surface area contributed by atoms with Crippen LogP contribution in [0.3, 0.4) is 0 Å². The Morgan fingerprint density at radius 2 is 1.59 bits per heavy atom. The molecule has 1 amide bonds. The first-order chi connectivity index (χ1) is 16.4. The number of rotatable bonds is 12. The van der Waals surface area contributed by atoms with E-state index in [9.17, 15) is 13.6 Å². The molecule has 1 N–H and O–H groups in total. The molecule has 3 aromatic rings. The smallest absolute Gasteiger partial charge is 0.387 e. The molecular weight excluding hydrogens is 448 g/mol. The molecule has 2 aromatic carbocycles. The van der Waals surface area contributed by atoms with Crippen molar-refractivity contribution in [3.63, 3.8) is 0 Å². The fraction of sp³-hybridized carbons (Fsp3) is 0.333. The van der Waals surface area contributed by atoms with Crippen LogP contribution in [-0.4, -0.2) is 42.1 Å². The molecule has 0 unspecified atom stereocenters. The number of alkyl halides is 2. The SMILES string of the molecule is CCOc1ccc(Cn2cc(NC(=O)c3ccc(OC(F)F)c(OCC)c3)cn2)cc1OCC. The quantitative estimate of drug-likeness (QED) is 0.398. The minimum absolute atomic E-state index is 0.0618. The van der Waals surface area contributed by atoms with E-state index in [-0.39, 0.29) is 23.7 Å². The van der Waals surface area contributed by atoms with Crippen LogP contribution in [0.5, 0.6) is 23.0 Å². The Morgan fingerprint density at radius 1 is 0.941 bits per heavy atom. The predicted molar refractivity (Wildman–Crippen MR) is 122 cm³/mol. The lowest BCUT2D eigenvalue weighted by Gasteiger charge is -2.12. The number of carbonyl (C=O) groups excluding carboxylic acids is 1. The third kappa shape index (κ3) is 6.60. The van der Waals surface area contributed by atoms with Crippen molar-refractivity contribution in [2.45, 2.75) is 33.9 Å². The van der Waals surface area contributed by atoms with Crippen molar-refractivity contribution in [2.24, 2.45) is 0 Å². The highest BCUT2D eigenvalue weighted by atomic mass is 19.3. The van der Waals surface area contributed by atoms with Gasteiger partial charge in [0.2, 0.25) is 0 Å². The van der Waals surface area contributed by atoms with Gasteiger partial charge >= 0.3 is 6.61 Å². The minimum atomic E-state index is -3.00. The monoisotopic (exact) mass is 475 g/mol. The number of benzene rings is 2.